The molecule has 1 N–H and O–H groups in total. The zero-order valence-electron chi connectivity index (χ0n) is 21.7. The highest BCUT2D eigenvalue weighted by Crippen LogP contribution is 2.33. The summed E-state index contributed by atoms with van der Waals surface area (Å²) < 4.78 is 11.8. The number of amides is 1. The van der Waals surface area contributed by atoms with Crippen LogP contribution in [-0.4, -0.2) is 40.0 Å². The van der Waals surface area contributed by atoms with Gasteiger partial charge in [-0.05, 0) is 68.4 Å². The number of carbonyl (C=O) groups is 2. The van der Waals surface area contributed by atoms with E-state index in [1.165, 1.54) is 43.1 Å². The first-order valence-corrected chi connectivity index (χ1v) is 13.2. The molecule has 1 aromatic heterocycles. The average molecular weight is 505 g/mol. The molecular weight excluding hydrogens is 468 g/mol. The molecule has 7 heteroatoms. The van der Waals surface area contributed by atoms with Gasteiger partial charge in [0, 0.05) is 19.0 Å². The van der Waals surface area contributed by atoms with Gasteiger partial charge in [-0.2, -0.15) is 0 Å². The fraction of sp³-hybridized carbons (Fsp3) is 0.433. The quantitative estimate of drug-likeness (QED) is 0.341. The number of carboxylic acids is 1. The fourth-order valence-electron chi connectivity index (χ4n) is 5.10. The maximum atomic E-state index is 12.7. The molecule has 0 saturated heterocycles. The number of ether oxygens (including phenoxy) is 1. The summed E-state index contributed by atoms with van der Waals surface area (Å²) in [6, 6.07) is 4.45. The topological polar surface area (TPSA) is 92.9 Å². The SMILES string of the molecule is CC=CC=CC(=O)N1CCc2ccc(OCCc3nc(C=CC4CCCCC4)oc3C)cc2C1C(=O)O. The number of fused-ring (bicyclic) bond motifs is 1. The predicted octanol–water partition coefficient (Wildman–Crippen LogP) is 5.84. The van der Waals surface area contributed by atoms with Crippen LogP contribution in [0.5, 0.6) is 5.75 Å². The number of carbonyl (C=O) groups excluding carboxylic acids is 1. The average Bonchev–Trinajstić information content (AvgIpc) is 3.26. The van der Waals surface area contributed by atoms with Crippen molar-refractivity contribution in [3.63, 3.8) is 0 Å². The van der Waals surface area contributed by atoms with Crippen molar-refractivity contribution in [2.45, 2.75) is 64.8 Å². The third-order valence-electron chi connectivity index (χ3n) is 7.08. The summed E-state index contributed by atoms with van der Waals surface area (Å²) in [5, 5.41) is 9.95. The minimum Gasteiger partial charge on any atom is -0.493 e. The minimum atomic E-state index is -1.06. The van der Waals surface area contributed by atoms with Crippen molar-refractivity contribution in [1.29, 1.82) is 0 Å². The van der Waals surface area contributed by atoms with Crippen LogP contribution in [0, 0.1) is 12.8 Å². The highest BCUT2D eigenvalue weighted by Gasteiger charge is 2.35. The summed E-state index contributed by atoms with van der Waals surface area (Å²) in [6.45, 7) is 4.50. The smallest absolute Gasteiger partial charge is 0.331 e. The molecule has 1 fully saturated rings. The van der Waals surface area contributed by atoms with Crippen LogP contribution in [0.25, 0.3) is 6.08 Å². The number of aryl methyl sites for hydroxylation is 1. The molecule has 1 aliphatic carbocycles. The van der Waals surface area contributed by atoms with Crippen molar-refractivity contribution >= 4 is 18.0 Å². The normalized spacial score (nSPS) is 18.6. The van der Waals surface area contributed by atoms with E-state index in [4.69, 9.17) is 9.15 Å². The highest BCUT2D eigenvalue weighted by molar-refractivity contribution is 5.92. The summed E-state index contributed by atoms with van der Waals surface area (Å²) >= 11 is 0. The second kappa shape index (κ2) is 12.6. The van der Waals surface area contributed by atoms with Gasteiger partial charge < -0.3 is 19.2 Å². The molecule has 1 unspecified atom stereocenters. The van der Waals surface area contributed by atoms with Gasteiger partial charge in [-0.3, -0.25) is 4.79 Å². The van der Waals surface area contributed by atoms with Crippen molar-refractivity contribution in [2.24, 2.45) is 5.92 Å². The van der Waals surface area contributed by atoms with E-state index >= 15 is 0 Å². The highest BCUT2D eigenvalue weighted by atomic mass is 16.5. The van der Waals surface area contributed by atoms with E-state index in [2.05, 4.69) is 11.1 Å². The molecule has 2 heterocycles. The molecule has 1 amide bonds. The molecular formula is C30H36N2O5. The molecule has 1 aliphatic heterocycles. The van der Waals surface area contributed by atoms with Gasteiger partial charge in [0.2, 0.25) is 11.8 Å². The largest absolute Gasteiger partial charge is 0.493 e. The predicted molar refractivity (Wildman–Crippen MR) is 142 cm³/mol. The molecule has 2 aliphatic rings. The van der Waals surface area contributed by atoms with Crippen LogP contribution in [0.15, 0.2) is 53.0 Å². The first-order chi connectivity index (χ1) is 18.0. The number of hydrogen-bond acceptors (Lipinski definition) is 5. The Hall–Kier alpha value is -3.61. The number of allylic oxidation sites excluding steroid dienone is 4. The second-order valence-electron chi connectivity index (χ2n) is 9.68. The maximum Gasteiger partial charge on any atom is 0.331 e. The molecule has 0 spiro atoms. The molecule has 0 bridgehead atoms. The van der Waals surface area contributed by atoms with Crippen molar-refractivity contribution in [3.05, 3.63) is 77.1 Å². The van der Waals surface area contributed by atoms with E-state index in [9.17, 15) is 14.7 Å². The third-order valence-corrected chi connectivity index (χ3v) is 7.08. The summed E-state index contributed by atoms with van der Waals surface area (Å²) in [6.07, 6.45) is 18.3. The number of aliphatic carboxylic acids is 1. The number of benzene rings is 1. The van der Waals surface area contributed by atoms with E-state index in [0.717, 1.165) is 17.0 Å². The molecule has 0 radical (unpaired) electrons. The molecule has 37 heavy (non-hydrogen) atoms. The Morgan fingerprint density at radius 1 is 1.22 bits per heavy atom. The Bertz CT molecular complexity index is 1190. The summed E-state index contributed by atoms with van der Waals surface area (Å²) in [4.78, 5) is 30.9. The van der Waals surface area contributed by atoms with Gasteiger partial charge in [0.1, 0.15) is 11.5 Å². The van der Waals surface area contributed by atoms with Crippen molar-refractivity contribution < 1.29 is 23.8 Å². The van der Waals surface area contributed by atoms with Gasteiger partial charge in [-0.1, -0.05) is 49.6 Å². The van der Waals surface area contributed by atoms with Gasteiger partial charge in [0.05, 0.1) is 12.3 Å². The van der Waals surface area contributed by atoms with Gasteiger partial charge in [-0.25, -0.2) is 9.78 Å². The van der Waals surface area contributed by atoms with E-state index in [1.807, 2.05) is 38.1 Å². The number of nitrogens with zero attached hydrogens (tertiary/aromatic N) is 2. The monoisotopic (exact) mass is 504 g/mol. The first kappa shape index (κ1) is 26.5. The van der Waals surface area contributed by atoms with Crippen molar-refractivity contribution in [1.82, 2.24) is 9.88 Å². The van der Waals surface area contributed by atoms with Gasteiger partial charge in [-0.15, -0.1) is 0 Å². The summed E-state index contributed by atoms with van der Waals surface area (Å²) in [5.74, 6) is 1.21. The zero-order valence-corrected chi connectivity index (χ0v) is 21.7. The number of aromatic nitrogens is 1. The molecule has 4 rings (SSSR count). The molecule has 1 atom stereocenters. The zero-order chi connectivity index (χ0) is 26.2. The lowest BCUT2D eigenvalue weighted by atomic mass is 9.89. The summed E-state index contributed by atoms with van der Waals surface area (Å²) in [5.41, 5.74) is 2.37. The number of carboxylic acid groups (broad SMARTS) is 1. The van der Waals surface area contributed by atoms with Crippen LogP contribution in [0.1, 0.15) is 73.5 Å². The molecule has 1 saturated carbocycles. The van der Waals surface area contributed by atoms with Crippen molar-refractivity contribution in [2.75, 3.05) is 13.2 Å². The van der Waals surface area contributed by atoms with Crippen LogP contribution in [0.4, 0.5) is 0 Å². The Kier molecular flexibility index (Phi) is 8.99. The van der Waals surface area contributed by atoms with E-state index in [-0.39, 0.29) is 5.91 Å². The minimum absolute atomic E-state index is 0.322. The Morgan fingerprint density at radius 2 is 2.03 bits per heavy atom. The lowest BCUT2D eigenvalue weighted by Crippen LogP contribution is -2.42. The van der Waals surface area contributed by atoms with Crippen LogP contribution in [-0.2, 0) is 22.4 Å². The van der Waals surface area contributed by atoms with Gasteiger partial charge >= 0.3 is 5.97 Å². The molecule has 2 aromatic rings. The van der Waals surface area contributed by atoms with E-state index < -0.39 is 12.0 Å². The van der Waals surface area contributed by atoms with Gasteiger partial charge in [0.15, 0.2) is 6.04 Å². The van der Waals surface area contributed by atoms with Crippen molar-refractivity contribution in [3.8, 4) is 5.75 Å². The lowest BCUT2D eigenvalue weighted by molar-refractivity contribution is -0.149. The van der Waals surface area contributed by atoms with Crippen LogP contribution < -0.4 is 4.74 Å². The van der Waals surface area contributed by atoms with Crippen LogP contribution >= 0.6 is 0 Å². The van der Waals surface area contributed by atoms with Gasteiger partial charge in [0.25, 0.3) is 0 Å². The number of rotatable bonds is 9. The lowest BCUT2D eigenvalue weighted by Gasteiger charge is -2.34. The standard InChI is InChI=1S/C30H36N2O5/c1-3-4-6-11-28(33)32-18-16-23-13-14-24(20-25(23)29(32)30(34)35)36-19-17-26-21(2)37-27(31-26)15-12-22-9-7-5-8-10-22/h3-4,6,11-15,20,22,29H,5,7-10,16-19H2,1-2H3,(H,34,35). The number of oxazole rings is 1. The Balaban J connectivity index is 1.40. The molecule has 1 aromatic carbocycles. The Morgan fingerprint density at radius 3 is 2.78 bits per heavy atom. The second-order valence-corrected chi connectivity index (χ2v) is 9.68. The Labute approximate surface area is 218 Å². The molecule has 7 nitrogen and oxygen atoms in total. The number of hydrogen-bond donors (Lipinski definition) is 1. The van der Waals surface area contributed by atoms with E-state index in [1.54, 1.807) is 18.2 Å². The van der Waals surface area contributed by atoms with Crippen LogP contribution in [0.3, 0.4) is 0 Å². The summed E-state index contributed by atoms with van der Waals surface area (Å²) in [7, 11) is 0. The maximum absolute atomic E-state index is 12.7. The molecule has 196 valence electrons. The van der Waals surface area contributed by atoms with E-state index in [0.29, 0.717) is 49.1 Å². The van der Waals surface area contributed by atoms with Crippen LogP contribution in [0.2, 0.25) is 0 Å². The fourth-order valence-corrected chi connectivity index (χ4v) is 5.10. The third kappa shape index (κ3) is 6.79. The first-order valence-electron chi connectivity index (χ1n) is 13.2.